The summed E-state index contributed by atoms with van der Waals surface area (Å²) in [6.07, 6.45) is 3.65. The van der Waals surface area contributed by atoms with Crippen LogP contribution in [0.3, 0.4) is 0 Å². The zero-order valence-electron chi connectivity index (χ0n) is 14.4. The van der Waals surface area contributed by atoms with Crippen molar-refractivity contribution in [2.24, 2.45) is 0 Å². The van der Waals surface area contributed by atoms with Gasteiger partial charge in [0.2, 0.25) is 0 Å². The lowest BCUT2D eigenvalue weighted by Crippen LogP contribution is -2.44. The molecule has 3 rings (SSSR count). The Balaban J connectivity index is 1.42. The second-order valence-corrected chi connectivity index (χ2v) is 6.35. The van der Waals surface area contributed by atoms with Crippen molar-refractivity contribution in [1.82, 2.24) is 15.3 Å². The van der Waals surface area contributed by atoms with E-state index in [9.17, 15) is 0 Å². The van der Waals surface area contributed by atoms with E-state index >= 15 is 0 Å². The number of halogens is 1. The zero-order chi connectivity index (χ0) is 17.5. The molecule has 1 aromatic carbocycles. The first kappa shape index (κ1) is 17.8. The van der Waals surface area contributed by atoms with Crippen LogP contribution >= 0.6 is 11.6 Å². The lowest BCUT2D eigenvalue weighted by Gasteiger charge is -2.34. The molecule has 7 heteroatoms. The summed E-state index contributed by atoms with van der Waals surface area (Å²) in [5.74, 6) is 1.80. The Labute approximate surface area is 153 Å². The SMILES string of the molecule is CNc1c(Cl)ncnc1N1CCC(NCCOc2ccccc2)CC1. The summed E-state index contributed by atoms with van der Waals surface area (Å²) < 4.78 is 5.72. The van der Waals surface area contributed by atoms with E-state index in [0.29, 0.717) is 17.8 Å². The van der Waals surface area contributed by atoms with Crippen molar-refractivity contribution in [3.8, 4) is 5.75 Å². The highest BCUT2D eigenvalue weighted by Gasteiger charge is 2.22. The molecule has 6 nitrogen and oxygen atoms in total. The van der Waals surface area contributed by atoms with Crippen molar-refractivity contribution < 1.29 is 4.74 Å². The highest BCUT2D eigenvalue weighted by molar-refractivity contribution is 6.32. The molecule has 0 saturated carbocycles. The van der Waals surface area contributed by atoms with Crippen LogP contribution in [0.2, 0.25) is 5.15 Å². The number of ether oxygens (including phenoxy) is 1. The van der Waals surface area contributed by atoms with Crippen LogP contribution in [-0.4, -0.2) is 49.3 Å². The van der Waals surface area contributed by atoms with E-state index in [4.69, 9.17) is 16.3 Å². The summed E-state index contributed by atoms with van der Waals surface area (Å²) in [6.45, 7) is 3.41. The van der Waals surface area contributed by atoms with Crippen molar-refractivity contribution in [2.75, 3.05) is 43.5 Å². The minimum absolute atomic E-state index is 0.464. The van der Waals surface area contributed by atoms with E-state index in [-0.39, 0.29) is 0 Å². The number of hydrogen-bond acceptors (Lipinski definition) is 6. The van der Waals surface area contributed by atoms with Crippen LogP contribution < -0.4 is 20.3 Å². The van der Waals surface area contributed by atoms with E-state index < -0.39 is 0 Å². The molecule has 1 fully saturated rings. The van der Waals surface area contributed by atoms with Crippen LogP contribution in [0, 0.1) is 0 Å². The Morgan fingerprint density at radius 3 is 2.68 bits per heavy atom. The Hall–Kier alpha value is -2.05. The molecule has 0 amide bonds. The van der Waals surface area contributed by atoms with Crippen LogP contribution in [0.15, 0.2) is 36.7 Å². The second kappa shape index (κ2) is 8.87. The quantitative estimate of drug-likeness (QED) is 0.584. The van der Waals surface area contributed by atoms with E-state index in [1.165, 1.54) is 6.33 Å². The van der Waals surface area contributed by atoms with Crippen molar-refractivity contribution in [1.29, 1.82) is 0 Å². The van der Waals surface area contributed by atoms with Crippen LogP contribution in [0.4, 0.5) is 11.5 Å². The summed E-state index contributed by atoms with van der Waals surface area (Å²) >= 11 is 6.15. The molecular weight excluding hydrogens is 338 g/mol. The number of piperidine rings is 1. The van der Waals surface area contributed by atoms with Gasteiger partial charge in [-0.1, -0.05) is 29.8 Å². The predicted molar refractivity (Wildman–Crippen MR) is 102 cm³/mol. The van der Waals surface area contributed by atoms with Crippen LogP contribution in [-0.2, 0) is 0 Å². The maximum absolute atomic E-state index is 6.15. The third-order valence-electron chi connectivity index (χ3n) is 4.37. The summed E-state index contributed by atoms with van der Waals surface area (Å²) in [5.41, 5.74) is 0.798. The van der Waals surface area contributed by atoms with E-state index in [1.54, 1.807) is 0 Å². The number of nitrogens with one attached hydrogen (secondary N) is 2. The number of anilines is 2. The Bertz CT molecular complexity index is 662. The third-order valence-corrected chi connectivity index (χ3v) is 4.66. The van der Waals surface area contributed by atoms with Gasteiger partial charge < -0.3 is 20.3 Å². The summed E-state index contributed by atoms with van der Waals surface area (Å²) in [5, 5.41) is 7.14. The van der Waals surface area contributed by atoms with Gasteiger partial charge in [-0.25, -0.2) is 9.97 Å². The van der Waals surface area contributed by atoms with Crippen molar-refractivity contribution in [3.63, 3.8) is 0 Å². The monoisotopic (exact) mass is 361 g/mol. The van der Waals surface area contributed by atoms with Crippen molar-refractivity contribution in [3.05, 3.63) is 41.8 Å². The molecule has 25 heavy (non-hydrogen) atoms. The minimum atomic E-state index is 0.464. The minimum Gasteiger partial charge on any atom is -0.492 e. The Kier molecular flexibility index (Phi) is 6.30. The number of aromatic nitrogens is 2. The fraction of sp³-hybridized carbons (Fsp3) is 0.444. The predicted octanol–water partition coefficient (Wildman–Crippen LogP) is 2.81. The molecule has 0 atom stereocenters. The topological polar surface area (TPSA) is 62.3 Å². The molecule has 2 N–H and O–H groups in total. The molecule has 0 unspecified atom stereocenters. The number of para-hydroxylation sites is 1. The first-order valence-electron chi connectivity index (χ1n) is 8.62. The number of benzene rings is 1. The summed E-state index contributed by atoms with van der Waals surface area (Å²) in [7, 11) is 1.84. The summed E-state index contributed by atoms with van der Waals surface area (Å²) in [6, 6.07) is 10.4. The maximum Gasteiger partial charge on any atom is 0.157 e. The van der Waals surface area contributed by atoms with E-state index in [1.807, 2.05) is 37.4 Å². The third kappa shape index (κ3) is 4.74. The Morgan fingerprint density at radius 1 is 1.20 bits per heavy atom. The average Bonchev–Trinajstić information content (AvgIpc) is 2.66. The maximum atomic E-state index is 6.15. The summed E-state index contributed by atoms with van der Waals surface area (Å²) in [4.78, 5) is 10.7. The highest BCUT2D eigenvalue weighted by Crippen LogP contribution is 2.30. The lowest BCUT2D eigenvalue weighted by molar-refractivity contribution is 0.296. The first-order chi connectivity index (χ1) is 12.3. The molecular formula is C18H24ClN5O. The van der Waals surface area contributed by atoms with Gasteiger partial charge in [-0.05, 0) is 25.0 Å². The van der Waals surface area contributed by atoms with Gasteiger partial charge in [0.05, 0.1) is 0 Å². The molecule has 0 radical (unpaired) electrons. The number of hydrogen-bond donors (Lipinski definition) is 2. The number of rotatable bonds is 7. The molecule has 0 aliphatic carbocycles. The molecule has 1 aliphatic rings. The highest BCUT2D eigenvalue weighted by atomic mass is 35.5. The zero-order valence-corrected chi connectivity index (χ0v) is 15.2. The van der Waals surface area contributed by atoms with Gasteiger partial charge in [0, 0.05) is 32.7 Å². The lowest BCUT2D eigenvalue weighted by atomic mass is 10.0. The molecule has 1 aromatic heterocycles. The van der Waals surface area contributed by atoms with Crippen molar-refractivity contribution in [2.45, 2.75) is 18.9 Å². The van der Waals surface area contributed by atoms with Crippen LogP contribution in [0.1, 0.15) is 12.8 Å². The van der Waals surface area contributed by atoms with Gasteiger partial charge >= 0.3 is 0 Å². The van der Waals surface area contributed by atoms with Gasteiger partial charge in [0.15, 0.2) is 11.0 Å². The smallest absolute Gasteiger partial charge is 0.157 e. The molecule has 2 heterocycles. The van der Waals surface area contributed by atoms with Gasteiger partial charge in [-0.15, -0.1) is 0 Å². The van der Waals surface area contributed by atoms with Crippen molar-refractivity contribution >= 4 is 23.1 Å². The fourth-order valence-electron chi connectivity index (χ4n) is 3.05. The van der Waals surface area contributed by atoms with Gasteiger partial charge in [-0.2, -0.15) is 0 Å². The van der Waals surface area contributed by atoms with Gasteiger partial charge in [-0.3, -0.25) is 0 Å². The molecule has 1 saturated heterocycles. The van der Waals surface area contributed by atoms with E-state index in [0.717, 1.165) is 49.7 Å². The van der Waals surface area contributed by atoms with Gasteiger partial charge in [0.1, 0.15) is 24.4 Å². The molecule has 0 bridgehead atoms. The largest absolute Gasteiger partial charge is 0.492 e. The first-order valence-corrected chi connectivity index (χ1v) is 9.00. The molecule has 134 valence electrons. The normalized spacial score (nSPS) is 15.2. The second-order valence-electron chi connectivity index (χ2n) is 5.99. The molecule has 0 spiro atoms. The van der Waals surface area contributed by atoms with Crippen LogP contribution in [0.5, 0.6) is 5.75 Å². The van der Waals surface area contributed by atoms with E-state index in [2.05, 4.69) is 25.5 Å². The van der Waals surface area contributed by atoms with Gasteiger partial charge in [0.25, 0.3) is 0 Å². The van der Waals surface area contributed by atoms with Crippen LogP contribution in [0.25, 0.3) is 0 Å². The standard InChI is InChI=1S/C18H24ClN5O/c1-20-16-17(19)22-13-23-18(16)24-10-7-14(8-11-24)21-9-12-25-15-5-3-2-4-6-15/h2-6,13-14,20-21H,7-12H2,1H3. The Morgan fingerprint density at radius 2 is 1.96 bits per heavy atom. The molecule has 1 aliphatic heterocycles. The fourth-order valence-corrected chi connectivity index (χ4v) is 3.28. The number of nitrogens with zero attached hydrogens (tertiary/aromatic N) is 3. The molecule has 2 aromatic rings. The average molecular weight is 362 g/mol.